The third kappa shape index (κ3) is 3.11. The van der Waals surface area contributed by atoms with Crippen LogP contribution in [0.1, 0.15) is 17.2 Å². The molecule has 90 valence electrons. The van der Waals surface area contributed by atoms with E-state index in [0.29, 0.717) is 5.75 Å². The minimum atomic E-state index is -0.465. The number of nitrogens with zero attached hydrogens (tertiary/aromatic N) is 2. The van der Waals surface area contributed by atoms with Gasteiger partial charge in [0.05, 0.1) is 12.3 Å². The molecule has 17 heavy (non-hydrogen) atoms. The van der Waals surface area contributed by atoms with Gasteiger partial charge in [0.1, 0.15) is 0 Å². The van der Waals surface area contributed by atoms with Crippen molar-refractivity contribution in [3.05, 3.63) is 47.8 Å². The summed E-state index contributed by atoms with van der Waals surface area (Å²) >= 11 is 1.67. The lowest BCUT2D eigenvalue weighted by Gasteiger charge is -2.09. The SMILES string of the molecule is Cc1ccccc1SCC(O)c1cnn(C)c1. The third-order valence-electron chi connectivity index (χ3n) is 2.60. The first-order valence-electron chi connectivity index (χ1n) is 5.52. The van der Waals surface area contributed by atoms with Gasteiger partial charge >= 0.3 is 0 Å². The molecular formula is C13H16N2OS. The van der Waals surface area contributed by atoms with Crippen LogP contribution in [0.4, 0.5) is 0 Å². The molecule has 0 amide bonds. The van der Waals surface area contributed by atoms with E-state index in [1.165, 1.54) is 10.5 Å². The Morgan fingerprint density at radius 3 is 2.82 bits per heavy atom. The smallest absolute Gasteiger partial charge is 0.0914 e. The Balaban J connectivity index is 1.97. The number of aryl methyl sites for hydroxylation is 2. The maximum atomic E-state index is 10.0. The van der Waals surface area contributed by atoms with E-state index in [1.54, 1.807) is 22.6 Å². The molecule has 1 aromatic carbocycles. The molecule has 3 nitrogen and oxygen atoms in total. The topological polar surface area (TPSA) is 38.1 Å². The van der Waals surface area contributed by atoms with Crippen molar-refractivity contribution in [2.75, 3.05) is 5.75 Å². The van der Waals surface area contributed by atoms with Crippen molar-refractivity contribution >= 4 is 11.8 Å². The molecule has 0 spiro atoms. The van der Waals surface area contributed by atoms with E-state index in [-0.39, 0.29) is 0 Å². The summed E-state index contributed by atoms with van der Waals surface area (Å²) in [7, 11) is 1.85. The number of benzene rings is 1. The van der Waals surface area contributed by atoms with Gasteiger partial charge in [-0.05, 0) is 18.6 Å². The molecule has 4 heteroatoms. The van der Waals surface area contributed by atoms with E-state index in [9.17, 15) is 5.11 Å². The Hall–Kier alpha value is -1.26. The Bertz CT molecular complexity index is 496. The zero-order valence-electron chi connectivity index (χ0n) is 10.00. The number of aromatic nitrogens is 2. The van der Waals surface area contributed by atoms with Crippen molar-refractivity contribution in [1.29, 1.82) is 0 Å². The van der Waals surface area contributed by atoms with Crippen LogP contribution in [0.3, 0.4) is 0 Å². The molecule has 1 unspecified atom stereocenters. The van der Waals surface area contributed by atoms with E-state index in [0.717, 1.165) is 5.56 Å². The van der Waals surface area contributed by atoms with Crippen LogP contribution >= 0.6 is 11.8 Å². The van der Waals surface area contributed by atoms with Gasteiger partial charge in [-0.1, -0.05) is 18.2 Å². The lowest BCUT2D eigenvalue weighted by atomic mass is 10.2. The summed E-state index contributed by atoms with van der Waals surface area (Å²) in [5.41, 5.74) is 2.12. The van der Waals surface area contributed by atoms with Crippen molar-refractivity contribution in [3.8, 4) is 0 Å². The Morgan fingerprint density at radius 1 is 1.41 bits per heavy atom. The zero-order chi connectivity index (χ0) is 12.3. The van der Waals surface area contributed by atoms with Crippen LogP contribution in [-0.4, -0.2) is 20.6 Å². The van der Waals surface area contributed by atoms with Gasteiger partial charge in [-0.2, -0.15) is 5.10 Å². The number of hydrogen-bond donors (Lipinski definition) is 1. The Labute approximate surface area is 105 Å². The van der Waals surface area contributed by atoms with Gasteiger partial charge in [0.25, 0.3) is 0 Å². The molecule has 2 rings (SSSR count). The molecule has 0 saturated heterocycles. The molecule has 0 aliphatic rings. The normalized spacial score (nSPS) is 12.6. The molecule has 1 atom stereocenters. The van der Waals surface area contributed by atoms with Crippen molar-refractivity contribution in [1.82, 2.24) is 9.78 Å². The fraction of sp³-hybridized carbons (Fsp3) is 0.308. The quantitative estimate of drug-likeness (QED) is 0.845. The average molecular weight is 248 g/mol. The summed E-state index contributed by atoms with van der Waals surface area (Å²) in [6, 6.07) is 8.21. The maximum Gasteiger partial charge on any atom is 0.0914 e. The van der Waals surface area contributed by atoms with Crippen LogP contribution in [0.5, 0.6) is 0 Å². The molecule has 2 aromatic rings. The van der Waals surface area contributed by atoms with E-state index in [4.69, 9.17) is 0 Å². The van der Waals surface area contributed by atoms with Crippen molar-refractivity contribution < 1.29 is 5.11 Å². The van der Waals surface area contributed by atoms with Gasteiger partial charge in [-0.15, -0.1) is 11.8 Å². The van der Waals surface area contributed by atoms with Gasteiger partial charge in [-0.25, -0.2) is 0 Å². The van der Waals surface area contributed by atoms with Crippen LogP contribution in [0.25, 0.3) is 0 Å². The second-order valence-corrected chi connectivity index (χ2v) is 5.10. The summed E-state index contributed by atoms with van der Waals surface area (Å²) in [6.45, 7) is 2.08. The Morgan fingerprint density at radius 2 is 2.18 bits per heavy atom. The van der Waals surface area contributed by atoms with Gasteiger partial charge in [0.15, 0.2) is 0 Å². The molecule has 0 fully saturated rings. The van der Waals surface area contributed by atoms with Crippen LogP contribution in [0.2, 0.25) is 0 Å². The third-order valence-corrected chi connectivity index (χ3v) is 3.85. The zero-order valence-corrected chi connectivity index (χ0v) is 10.8. The summed E-state index contributed by atoms with van der Waals surface area (Å²) in [6.07, 6.45) is 3.10. The lowest BCUT2D eigenvalue weighted by molar-refractivity contribution is 0.204. The number of thioether (sulfide) groups is 1. The summed E-state index contributed by atoms with van der Waals surface area (Å²) < 4.78 is 1.71. The molecular weight excluding hydrogens is 232 g/mol. The molecule has 0 aliphatic heterocycles. The highest BCUT2D eigenvalue weighted by Crippen LogP contribution is 2.26. The fourth-order valence-electron chi connectivity index (χ4n) is 1.60. The monoisotopic (exact) mass is 248 g/mol. The minimum Gasteiger partial charge on any atom is -0.387 e. The van der Waals surface area contributed by atoms with E-state index < -0.39 is 6.10 Å². The largest absolute Gasteiger partial charge is 0.387 e. The standard InChI is InChI=1S/C13H16N2OS/c1-10-5-3-4-6-13(10)17-9-12(16)11-7-14-15(2)8-11/h3-8,12,16H,9H2,1-2H3. The molecule has 0 saturated carbocycles. The van der Waals surface area contributed by atoms with Gasteiger partial charge in [-0.3, -0.25) is 4.68 Å². The predicted octanol–water partition coefficient (Wildman–Crippen LogP) is 2.55. The fourth-order valence-corrected chi connectivity index (χ4v) is 2.60. The second-order valence-electron chi connectivity index (χ2n) is 4.04. The maximum absolute atomic E-state index is 10.0. The minimum absolute atomic E-state index is 0.465. The van der Waals surface area contributed by atoms with Crippen molar-refractivity contribution in [2.45, 2.75) is 17.9 Å². The highest BCUT2D eigenvalue weighted by Gasteiger charge is 2.10. The highest BCUT2D eigenvalue weighted by molar-refractivity contribution is 7.99. The number of rotatable bonds is 4. The van der Waals surface area contributed by atoms with Gasteiger partial charge < -0.3 is 5.11 Å². The molecule has 0 bridgehead atoms. The van der Waals surface area contributed by atoms with Crippen LogP contribution in [0.15, 0.2) is 41.6 Å². The average Bonchev–Trinajstić information content (AvgIpc) is 2.74. The van der Waals surface area contributed by atoms with E-state index >= 15 is 0 Å². The van der Waals surface area contributed by atoms with Gasteiger partial charge in [0.2, 0.25) is 0 Å². The van der Waals surface area contributed by atoms with Crippen LogP contribution < -0.4 is 0 Å². The van der Waals surface area contributed by atoms with Crippen LogP contribution in [0, 0.1) is 6.92 Å². The molecule has 1 aromatic heterocycles. The van der Waals surface area contributed by atoms with Gasteiger partial charge in [0, 0.05) is 29.5 Å². The van der Waals surface area contributed by atoms with Crippen molar-refractivity contribution in [3.63, 3.8) is 0 Å². The van der Waals surface area contributed by atoms with E-state index in [1.807, 2.05) is 25.4 Å². The van der Waals surface area contributed by atoms with Crippen LogP contribution in [-0.2, 0) is 7.05 Å². The highest BCUT2D eigenvalue weighted by atomic mass is 32.2. The summed E-state index contributed by atoms with van der Waals surface area (Å²) in [4.78, 5) is 1.22. The lowest BCUT2D eigenvalue weighted by Crippen LogP contribution is -1.99. The molecule has 1 heterocycles. The first-order chi connectivity index (χ1) is 8.16. The van der Waals surface area contributed by atoms with Crippen molar-refractivity contribution in [2.24, 2.45) is 7.05 Å². The van der Waals surface area contributed by atoms with E-state index in [2.05, 4.69) is 24.2 Å². The number of aliphatic hydroxyl groups excluding tert-OH is 1. The first kappa shape index (κ1) is 12.2. The summed E-state index contributed by atoms with van der Waals surface area (Å²) in [5.74, 6) is 0.649. The Kier molecular flexibility index (Phi) is 3.86. The molecule has 0 aliphatic carbocycles. The second kappa shape index (κ2) is 5.38. The number of aliphatic hydroxyl groups is 1. The number of hydrogen-bond acceptors (Lipinski definition) is 3. The molecule has 0 radical (unpaired) electrons. The molecule has 1 N–H and O–H groups in total. The predicted molar refractivity (Wildman–Crippen MR) is 70.1 cm³/mol. The first-order valence-corrected chi connectivity index (χ1v) is 6.50. The summed E-state index contributed by atoms with van der Waals surface area (Å²) in [5, 5.41) is 14.1.